The van der Waals surface area contributed by atoms with Gasteiger partial charge < -0.3 is 9.52 Å². The minimum Gasteiger partial charge on any atom is -0.455 e. The third-order valence-corrected chi connectivity index (χ3v) is 5.76. The molecule has 1 aromatic carbocycles. The molecule has 0 aliphatic heterocycles. The largest absolute Gasteiger partial charge is 0.455 e. The molecule has 0 saturated heterocycles. The molecule has 1 aromatic heterocycles. The molecule has 1 N–H and O–H groups in total. The standard InChI is InChI=1S/C18H21FO2/c19-14-5-3-4-13-12-15(21-16(13)14)18(20)10-8-17(9-11-18)6-1-2-7-17/h3-5,12,20H,1-2,6-11H2. The van der Waals surface area contributed by atoms with Crippen LogP contribution in [-0.2, 0) is 5.60 Å². The van der Waals surface area contributed by atoms with Crippen LogP contribution in [0.3, 0.4) is 0 Å². The molecule has 0 amide bonds. The molecule has 21 heavy (non-hydrogen) atoms. The summed E-state index contributed by atoms with van der Waals surface area (Å²) in [5, 5.41) is 11.7. The zero-order valence-electron chi connectivity index (χ0n) is 12.2. The number of rotatable bonds is 1. The van der Waals surface area contributed by atoms with Crippen molar-refractivity contribution >= 4 is 11.0 Å². The molecule has 3 heteroatoms. The number of para-hydroxylation sites is 1. The number of halogens is 1. The highest BCUT2D eigenvalue weighted by molar-refractivity contribution is 5.78. The molecule has 0 atom stereocenters. The van der Waals surface area contributed by atoms with Crippen molar-refractivity contribution in [3.63, 3.8) is 0 Å². The molecule has 1 spiro atoms. The Bertz CT molecular complexity index is 657. The first-order chi connectivity index (χ1) is 10.1. The number of hydrogen-bond acceptors (Lipinski definition) is 2. The third kappa shape index (κ3) is 2.10. The fourth-order valence-corrected chi connectivity index (χ4v) is 4.32. The minimum absolute atomic E-state index is 0.266. The lowest BCUT2D eigenvalue weighted by Gasteiger charge is -2.41. The van der Waals surface area contributed by atoms with Crippen molar-refractivity contribution in [2.24, 2.45) is 5.41 Å². The lowest BCUT2D eigenvalue weighted by atomic mass is 9.67. The fraction of sp³-hybridized carbons (Fsp3) is 0.556. The summed E-state index contributed by atoms with van der Waals surface area (Å²) in [6, 6.07) is 6.71. The number of fused-ring (bicyclic) bond motifs is 1. The quantitative estimate of drug-likeness (QED) is 0.810. The van der Waals surface area contributed by atoms with Crippen molar-refractivity contribution in [3.05, 3.63) is 35.8 Å². The van der Waals surface area contributed by atoms with Crippen molar-refractivity contribution in [2.75, 3.05) is 0 Å². The molecule has 2 fully saturated rings. The van der Waals surface area contributed by atoms with Gasteiger partial charge >= 0.3 is 0 Å². The lowest BCUT2D eigenvalue weighted by Crippen LogP contribution is -2.35. The Balaban J connectivity index is 1.64. The smallest absolute Gasteiger partial charge is 0.170 e. The molecule has 2 aliphatic carbocycles. The predicted octanol–water partition coefficient (Wildman–Crippen LogP) is 4.89. The van der Waals surface area contributed by atoms with Crippen molar-refractivity contribution < 1.29 is 13.9 Å². The average Bonchev–Trinajstić information content (AvgIpc) is 3.11. The first-order valence-corrected chi connectivity index (χ1v) is 8.01. The topological polar surface area (TPSA) is 33.4 Å². The monoisotopic (exact) mass is 288 g/mol. The molecular weight excluding hydrogens is 267 g/mol. The maximum Gasteiger partial charge on any atom is 0.170 e. The van der Waals surface area contributed by atoms with Gasteiger partial charge in [0.25, 0.3) is 0 Å². The molecular formula is C18H21FO2. The molecule has 1 heterocycles. The van der Waals surface area contributed by atoms with Gasteiger partial charge in [0.05, 0.1) is 0 Å². The van der Waals surface area contributed by atoms with Crippen LogP contribution in [0.4, 0.5) is 4.39 Å². The van der Waals surface area contributed by atoms with Crippen molar-refractivity contribution in [3.8, 4) is 0 Å². The Hall–Kier alpha value is -1.35. The van der Waals surface area contributed by atoms with Crippen molar-refractivity contribution in [2.45, 2.75) is 57.0 Å². The second-order valence-corrected chi connectivity index (χ2v) is 7.01. The highest BCUT2D eigenvalue weighted by Crippen LogP contribution is 2.53. The molecule has 0 radical (unpaired) electrons. The van der Waals surface area contributed by atoms with Gasteiger partial charge in [-0.15, -0.1) is 0 Å². The summed E-state index contributed by atoms with van der Waals surface area (Å²) in [5.41, 5.74) is -0.190. The van der Waals surface area contributed by atoms with E-state index in [0.717, 1.165) is 31.1 Å². The van der Waals surface area contributed by atoms with Crippen LogP contribution in [0.1, 0.15) is 57.1 Å². The Morgan fingerprint density at radius 3 is 2.38 bits per heavy atom. The van der Waals surface area contributed by atoms with E-state index >= 15 is 0 Å². The molecule has 0 unspecified atom stereocenters. The molecule has 2 saturated carbocycles. The Morgan fingerprint density at radius 1 is 1.00 bits per heavy atom. The molecule has 2 aliphatic rings. The second kappa shape index (κ2) is 4.57. The second-order valence-electron chi connectivity index (χ2n) is 7.01. The Morgan fingerprint density at radius 2 is 1.71 bits per heavy atom. The highest BCUT2D eigenvalue weighted by Gasteiger charge is 2.45. The normalized spacial score (nSPS) is 23.9. The molecule has 2 aromatic rings. The first-order valence-electron chi connectivity index (χ1n) is 8.01. The van der Waals surface area contributed by atoms with Gasteiger partial charge in [-0.3, -0.25) is 0 Å². The maximum atomic E-state index is 13.8. The average molecular weight is 288 g/mol. The van der Waals surface area contributed by atoms with E-state index in [1.54, 1.807) is 6.07 Å². The Kier molecular flexibility index (Phi) is 2.90. The van der Waals surface area contributed by atoms with Crippen LogP contribution >= 0.6 is 0 Å². The van der Waals surface area contributed by atoms with E-state index in [1.807, 2.05) is 12.1 Å². The van der Waals surface area contributed by atoms with Gasteiger partial charge in [0.2, 0.25) is 0 Å². The van der Waals surface area contributed by atoms with Crippen LogP contribution in [0.15, 0.2) is 28.7 Å². The SMILES string of the molecule is OC1(c2cc3cccc(F)c3o2)CCC2(CCCC2)CC1. The summed E-state index contributed by atoms with van der Waals surface area (Å²) in [4.78, 5) is 0. The summed E-state index contributed by atoms with van der Waals surface area (Å²) in [7, 11) is 0. The van der Waals surface area contributed by atoms with E-state index < -0.39 is 5.60 Å². The number of benzene rings is 1. The van der Waals surface area contributed by atoms with Gasteiger partial charge in [-0.05, 0) is 56.1 Å². The zero-order valence-corrected chi connectivity index (χ0v) is 12.2. The highest BCUT2D eigenvalue weighted by atomic mass is 19.1. The van der Waals surface area contributed by atoms with Crippen LogP contribution in [0, 0.1) is 11.2 Å². The van der Waals surface area contributed by atoms with E-state index in [2.05, 4.69) is 0 Å². The molecule has 0 bridgehead atoms. The summed E-state index contributed by atoms with van der Waals surface area (Å²) in [6.07, 6.45) is 8.84. The summed E-state index contributed by atoms with van der Waals surface area (Å²) in [5.74, 6) is 0.181. The summed E-state index contributed by atoms with van der Waals surface area (Å²) in [6.45, 7) is 0. The van der Waals surface area contributed by atoms with Gasteiger partial charge in [-0.25, -0.2) is 4.39 Å². The van der Waals surface area contributed by atoms with Gasteiger partial charge in [-0.1, -0.05) is 25.0 Å². The first kappa shape index (κ1) is 13.3. The number of aliphatic hydroxyl groups is 1. The summed E-state index contributed by atoms with van der Waals surface area (Å²) >= 11 is 0. The van der Waals surface area contributed by atoms with Crippen LogP contribution in [-0.4, -0.2) is 5.11 Å². The van der Waals surface area contributed by atoms with E-state index in [-0.39, 0.29) is 11.4 Å². The minimum atomic E-state index is -0.917. The van der Waals surface area contributed by atoms with Gasteiger partial charge in [-0.2, -0.15) is 0 Å². The van der Waals surface area contributed by atoms with Gasteiger partial charge in [0.1, 0.15) is 11.4 Å². The Labute approximate surface area is 124 Å². The van der Waals surface area contributed by atoms with Gasteiger partial charge in [0, 0.05) is 5.39 Å². The number of hydrogen-bond donors (Lipinski definition) is 1. The third-order valence-electron chi connectivity index (χ3n) is 5.76. The summed E-state index contributed by atoms with van der Waals surface area (Å²) < 4.78 is 19.4. The zero-order chi connectivity index (χ0) is 14.5. The van der Waals surface area contributed by atoms with Gasteiger partial charge in [0.15, 0.2) is 11.4 Å². The molecule has 112 valence electrons. The predicted molar refractivity (Wildman–Crippen MR) is 79.4 cm³/mol. The van der Waals surface area contributed by atoms with Crippen LogP contribution in [0.25, 0.3) is 11.0 Å². The van der Waals surface area contributed by atoms with E-state index in [0.29, 0.717) is 11.2 Å². The van der Waals surface area contributed by atoms with E-state index in [4.69, 9.17) is 4.42 Å². The van der Waals surface area contributed by atoms with Crippen LogP contribution in [0.5, 0.6) is 0 Å². The lowest BCUT2D eigenvalue weighted by molar-refractivity contribution is -0.0519. The molecule has 2 nitrogen and oxygen atoms in total. The fourth-order valence-electron chi connectivity index (χ4n) is 4.32. The van der Waals surface area contributed by atoms with Crippen molar-refractivity contribution in [1.82, 2.24) is 0 Å². The van der Waals surface area contributed by atoms with E-state index in [9.17, 15) is 9.50 Å². The molecule has 4 rings (SSSR count). The van der Waals surface area contributed by atoms with E-state index in [1.165, 1.54) is 31.7 Å². The maximum absolute atomic E-state index is 13.8. The van der Waals surface area contributed by atoms with Crippen LogP contribution in [0.2, 0.25) is 0 Å². The van der Waals surface area contributed by atoms with Crippen LogP contribution < -0.4 is 0 Å². The van der Waals surface area contributed by atoms with Crippen molar-refractivity contribution in [1.29, 1.82) is 0 Å². The number of furan rings is 1.